The number of rotatable bonds is 3. The second-order valence-electron chi connectivity index (χ2n) is 4.96. The number of hydrogen-bond acceptors (Lipinski definition) is 2. The van der Waals surface area contributed by atoms with Crippen LogP contribution in [0.3, 0.4) is 0 Å². The van der Waals surface area contributed by atoms with Crippen LogP contribution < -0.4 is 0 Å². The van der Waals surface area contributed by atoms with Gasteiger partial charge in [0.05, 0.1) is 0 Å². The minimum atomic E-state index is -0.289. The number of carbonyl (C=O) groups is 1. The Kier molecular flexibility index (Phi) is 4.46. The first kappa shape index (κ1) is 15.1. The molecule has 0 saturated heterocycles. The van der Waals surface area contributed by atoms with Crippen molar-refractivity contribution in [1.82, 2.24) is 0 Å². The number of benzene rings is 2. The van der Waals surface area contributed by atoms with Gasteiger partial charge in [0.2, 0.25) is 0 Å². The van der Waals surface area contributed by atoms with Crippen LogP contribution in [0.15, 0.2) is 70.4 Å². The van der Waals surface area contributed by atoms with Crippen LogP contribution in [0.4, 0.5) is 0 Å². The molecule has 2 nitrogen and oxygen atoms in total. The monoisotopic (exact) mass is 374 g/mol. The molecule has 0 fully saturated rings. The van der Waals surface area contributed by atoms with Gasteiger partial charge in [0, 0.05) is 21.5 Å². The van der Waals surface area contributed by atoms with E-state index in [-0.39, 0.29) is 5.97 Å². The smallest absolute Gasteiger partial charge is 0.339 e. The molecular weight excluding hydrogens is 364 g/mol. The number of halogens is 2. The summed E-state index contributed by atoms with van der Waals surface area (Å²) >= 11 is 9.25. The lowest BCUT2D eigenvalue weighted by molar-refractivity contribution is -0.133. The van der Waals surface area contributed by atoms with E-state index in [0.717, 1.165) is 15.6 Å². The molecule has 4 heteroatoms. The van der Waals surface area contributed by atoms with Gasteiger partial charge in [0.25, 0.3) is 0 Å². The van der Waals surface area contributed by atoms with Crippen LogP contribution >= 0.6 is 27.5 Å². The van der Waals surface area contributed by atoms with Gasteiger partial charge >= 0.3 is 5.97 Å². The summed E-state index contributed by atoms with van der Waals surface area (Å²) in [5, 5.41) is 0.678. The lowest BCUT2D eigenvalue weighted by Gasteiger charge is -2.00. The van der Waals surface area contributed by atoms with Crippen molar-refractivity contribution in [3.63, 3.8) is 0 Å². The maximum absolute atomic E-state index is 11.9. The van der Waals surface area contributed by atoms with Crippen molar-refractivity contribution in [2.24, 2.45) is 0 Å². The maximum atomic E-state index is 11.9. The highest BCUT2D eigenvalue weighted by molar-refractivity contribution is 9.10. The van der Waals surface area contributed by atoms with Crippen LogP contribution in [0.1, 0.15) is 11.1 Å². The Morgan fingerprint density at radius 1 is 1.05 bits per heavy atom. The second kappa shape index (κ2) is 6.51. The number of carbonyl (C=O) groups excluding carboxylic acids is 1. The number of esters is 1. The van der Waals surface area contributed by atoms with Gasteiger partial charge in [-0.3, -0.25) is 0 Å². The summed E-state index contributed by atoms with van der Waals surface area (Å²) < 4.78 is 6.31. The number of hydrogen-bond donors (Lipinski definition) is 0. The molecule has 2 aromatic carbocycles. The predicted molar refractivity (Wildman–Crippen MR) is 91.5 cm³/mol. The van der Waals surface area contributed by atoms with Gasteiger partial charge < -0.3 is 4.74 Å². The summed E-state index contributed by atoms with van der Waals surface area (Å²) in [6, 6.07) is 15.3. The topological polar surface area (TPSA) is 26.3 Å². The molecule has 0 unspecified atom stereocenters. The summed E-state index contributed by atoms with van der Waals surface area (Å²) in [6.07, 6.45) is 4.17. The average molecular weight is 376 g/mol. The first-order valence-electron chi connectivity index (χ1n) is 6.74. The van der Waals surface area contributed by atoms with Crippen molar-refractivity contribution in [2.45, 2.75) is 6.42 Å². The Balaban J connectivity index is 1.79. The Morgan fingerprint density at radius 2 is 1.73 bits per heavy atom. The summed E-state index contributed by atoms with van der Waals surface area (Å²) in [6.45, 7) is 0. The van der Waals surface area contributed by atoms with E-state index in [4.69, 9.17) is 16.3 Å². The van der Waals surface area contributed by atoms with Gasteiger partial charge in [-0.2, -0.15) is 0 Å². The molecule has 22 heavy (non-hydrogen) atoms. The fourth-order valence-corrected chi connectivity index (χ4v) is 2.56. The van der Waals surface area contributed by atoms with Gasteiger partial charge in [0.15, 0.2) is 0 Å². The molecule has 2 aromatic rings. The molecule has 0 spiro atoms. The van der Waals surface area contributed by atoms with Crippen molar-refractivity contribution in [2.75, 3.05) is 0 Å². The molecule has 0 aromatic heterocycles. The molecule has 0 N–H and O–H groups in total. The van der Waals surface area contributed by atoms with E-state index in [1.165, 1.54) is 0 Å². The van der Waals surface area contributed by atoms with Crippen molar-refractivity contribution in [1.29, 1.82) is 0 Å². The summed E-state index contributed by atoms with van der Waals surface area (Å²) in [7, 11) is 0. The molecule has 0 amide bonds. The zero-order valence-corrected chi connectivity index (χ0v) is 13.9. The number of cyclic esters (lactones) is 1. The lowest BCUT2D eigenvalue weighted by Crippen LogP contribution is -2.01. The first-order valence-corrected chi connectivity index (χ1v) is 7.92. The van der Waals surface area contributed by atoms with Gasteiger partial charge in [-0.1, -0.05) is 51.8 Å². The molecule has 0 aliphatic carbocycles. The van der Waals surface area contributed by atoms with E-state index in [1.807, 2.05) is 42.5 Å². The fraction of sp³-hybridized carbons (Fsp3) is 0.0556. The summed E-state index contributed by atoms with van der Waals surface area (Å²) in [4.78, 5) is 11.9. The van der Waals surface area contributed by atoms with Crippen LogP contribution in [0.2, 0.25) is 5.02 Å². The fourth-order valence-electron chi connectivity index (χ4n) is 2.17. The zero-order chi connectivity index (χ0) is 15.5. The van der Waals surface area contributed by atoms with Crippen LogP contribution in [-0.2, 0) is 16.0 Å². The van der Waals surface area contributed by atoms with Crippen LogP contribution in [0.25, 0.3) is 6.08 Å². The molecule has 110 valence electrons. The summed E-state index contributed by atoms with van der Waals surface area (Å²) in [5.41, 5.74) is 2.66. The van der Waals surface area contributed by atoms with Crippen molar-refractivity contribution < 1.29 is 9.53 Å². The highest BCUT2D eigenvalue weighted by atomic mass is 79.9. The Labute approximate surface area is 142 Å². The van der Waals surface area contributed by atoms with Gasteiger partial charge in [-0.05, 0) is 47.5 Å². The Hall–Kier alpha value is -1.84. The standard InChI is InChI=1S/C18H12BrClO2/c19-15-5-1-12(2-6-15)9-14-11-17(22-18(14)21)10-13-3-7-16(20)8-4-13/h1-8,10-11H,9H2/b17-10+. The molecule has 0 bridgehead atoms. The molecule has 3 rings (SSSR count). The van der Waals surface area contributed by atoms with E-state index in [1.54, 1.807) is 18.2 Å². The van der Waals surface area contributed by atoms with Crippen molar-refractivity contribution in [3.8, 4) is 0 Å². The largest absolute Gasteiger partial charge is 0.423 e. The normalized spacial score (nSPS) is 15.8. The second-order valence-corrected chi connectivity index (χ2v) is 6.31. The number of ether oxygens (including phenoxy) is 1. The SMILES string of the molecule is O=C1O/C(=C/c2ccc(Cl)cc2)C=C1Cc1ccc(Br)cc1. The lowest BCUT2D eigenvalue weighted by atomic mass is 10.1. The molecule has 0 saturated carbocycles. The van der Waals surface area contributed by atoms with Crippen molar-refractivity contribution in [3.05, 3.63) is 86.6 Å². The van der Waals surface area contributed by atoms with Crippen molar-refractivity contribution >= 4 is 39.6 Å². The van der Waals surface area contributed by atoms with Gasteiger partial charge in [0.1, 0.15) is 5.76 Å². The van der Waals surface area contributed by atoms with Crippen LogP contribution in [-0.4, -0.2) is 5.97 Å². The van der Waals surface area contributed by atoms with E-state index >= 15 is 0 Å². The quantitative estimate of drug-likeness (QED) is 0.692. The maximum Gasteiger partial charge on any atom is 0.339 e. The van der Waals surface area contributed by atoms with E-state index in [9.17, 15) is 4.79 Å². The average Bonchev–Trinajstić information content (AvgIpc) is 2.84. The zero-order valence-electron chi connectivity index (χ0n) is 11.6. The molecule has 1 aliphatic rings. The highest BCUT2D eigenvalue weighted by Crippen LogP contribution is 2.24. The minimum absolute atomic E-state index is 0.289. The van der Waals surface area contributed by atoms with E-state index in [2.05, 4.69) is 15.9 Å². The molecule has 1 heterocycles. The number of allylic oxidation sites excluding steroid dienone is 1. The Morgan fingerprint density at radius 3 is 2.41 bits per heavy atom. The molecule has 0 radical (unpaired) electrons. The first-order chi connectivity index (χ1) is 10.6. The van der Waals surface area contributed by atoms with Gasteiger partial charge in [-0.25, -0.2) is 4.79 Å². The van der Waals surface area contributed by atoms with Crippen LogP contribution in [0.5, 0.6) is 0 Å². The molecule has 0 atom stereocenters. The third-order valence-electron chi connectivity index (χ3n) is 3.28. The predicted octanol–water partition coefficient (Wildman–Crippen LogP) is 5.17. The third-order valence-corrected chi connectivity index (χ3v) is 4.06. The van der Waals surface area contributed by atoms with Crippen LogP contribution in [0, 0.1) is 0 Å². The summed E-state index contributed by atoms with van der Waals surface area (Å²) in [5.74, 6) is 0.266. The minimum Gasteiger partial charge on any atom is -0.423 e. The molecular formula is C18H12BrClO2. The van der Waals surface area contributed by atoms with E-state index in [0.29, 0.717) is 22.8 Å². The van der Waals surface area contributed by atoms with E-state index < -0.39 is 0 Å². The van der Waals surface area contributed by atoms with Gasteiger partial charge in [-0.15, -0.1) is 0 Å². The Bertz CT molecular complexity index is 759. The third kappa shape index (κ3) is 3.67. The highest BCUT2D eigenvalue weighted by Gasteiger charge is 2.21. The molecule has 1 aliphatic heterocycles.